The molecule has 0 aliphatic carbocycles. The van der Waals surface area contributed by atoms with E-state index in [9.17, 15) is 22.4 Å². The van der Waals surface area contributed by atoms with Crippen molar-refractivity contribution < 1.29 is 22.4 Å². The first kappa shape index (κ1) is 20.9. The summed E-state index contributed by atoms with van der Waals surface area (Å²) in [5.41, 5.74) is 1.04. The Morgan fingerprint density at radius 2 is 1.55 bits per heavy atom. The number of fused-ring (bicyclic) bond motifs is 2. The molecule has 1 atom stereocenters. The summed E-state index contributed by atoms with van der Waals surface area (Å²) in [5.74, 6) is -1.24. The summed E-state index contributed by atoms with van der Waals surface area (Å²) in [4.78, 5) is 25.5. The van der Waals surface area contributed by atoms with E-state index in [-0.39, 0.29) is 38.2 Å². The van der Waals surface area contributed by atoms with Crippen LogP contribution in [0.15, 0.2) is 76.5 Å². The molecule has 0 fully saturated rings. The number of benzene rings is 3. The summed E-state index contributed by atoms with van der Waals surface area (Å²) in [6.07, 6.45) is 0. The van der Waals surface area contributed by atoms with Gasteiger partial charge in [0.1, 0.15) is 5.82 Å². The minimum atomic E-state index is -3.93. The van der Waals surface area contributed by atoms with E-state index in [1.165, 1.54) is 42.5 Å². The highest BCUT2D eigenvalue weighted by Crippen LogP contribution is 2.35. The third-order valence-corrected chi connectivity index (χ3v) is 7.23. The van der Waals surface area contributed by atoms with Crippen molar-refractivity contribution in [1.82, 2.24) is 5.32 Å². The van der Waals surface area contributed by atoms with E-state index < -0.39 is 27.6 Å². The Balaban J connectivity index is 1.70. The Bertz CT molecular complexity index is 1300. The highest BCUT2D eigenvalue weighted by molar-refractivity contribution is 7.91. The third-order valence-electron chi connectivity index (χ3n) is 5.38. The van der Waals surface area contributed by atoms with Gasteiger partial charge in [-0.15, -0.1) is 0 Å². The molecule has 3 aromatic carbocycles. The predicted molar refractivity (Wildman–Crippen MR) is 113 cm³/mol. The zero-order chi connectivity index (χ0) is 22.3. The number of nitrogens with one attached hydrogen (secondary N) is 1. The second kappa shape index (κ2) is 7.74. The third kappa shape index (κ3) is 3.65. The molecule has 158 valence electrons. The van der Waals surface area contributed by atoms with Gasteiger partial charge < -0.3 is 5.32 Å². The zero-order valence-electron chi connectivity index (χ0n) is 16.9. The average molecular weight is 437 g/mol. The van der Waals surface area contributed by atoms with Crippen LogP contribution in [0.2, 0.25) is 0 Å². The fourth-order valence-electron chi connectivity index (χ4n) is 3.76. The zero-order valence-corrected chi connectivity index (χ0v) is 17.7. The molecule has 1 amide bonds. The first-order valence-corrected chi connectivity index (χ1v) is 11.3. The van der Waals surface area contributed by atoms with Crippen molar-refractivity contribution in [3.8, 4) is 0 Å². The molecular weight excluding hydrogens is 417 g/mol. The molecule has 0 saturated heterocycles. The summed E-state index contributed by atoms with van der Waals surface area (Å²) in [6.45, 7) is 3.84. The van der Waals surface area contributed by atoms with Gasteiger partial charge in [-0.1, -0.05) is 38.1 Å². The van der Waals surface area contributed by atoms with E-state index in [0.29, 0.717) is 0 Å². The fraction of sp³-hybridized carbons (Fsp3) is 0.167. The molecule has 31 heavy (non-hydrogen) atoms. The van der Waals surface area contributed by atoms with Crippen LogP contribution in [0.4, 0.5) is 4.39 Å². The maximum Gasteiger partial charge on any atom is 0.251 e. The van der Waals surface area contributed by atoms with Crippen LogP contribution in [0.3, 0.4) is 0 Å². The minimum Gasteiger partial charge on any atom is -0.345 e. The molecule has 1 N–H and O–H groups in total. The van der Waals surface area contributed by atoms with Crippen LogP contribution in [0.1, 0.15) is 51.7 Å². The Hall–Kier alpha value is -3.32. The Morgan fingerprint density at radius 1 is 0.903 bits per heavy atom. The minimum absolute atomic E-state index is 0.00391. The lowest BCUT2D eigenvalue weighted by Gasteiger charge is -2.24. The van der Waals surface area contributed by atoms with E-state index in [1.54, 1.807) is 24.3 Å². The quantitative estimate of drug-likeness (QED) is 0.515. The van der Waals surface area contributed by atoms with E-state index in [0.717, 1.165) is 5.56 Å². The van der Waals surface area contributed by atoms with E-state index in [2.05, 4.69) is 5.32 Å². The largest absolute Gasteiger partial charge is 0.345 e. The summed E-state index contributed by atoms with van der Waals surface area (Å²) < 4.78 is 39.4. The van der Waals surface area contributed by atoms with Gasteiger partial charge in [0, 0.05) is 16.7 Å². The molecule has 1 aliphatic heterocycles. The molecule has 0 bridgehead atoms. The SMILES string of the molecule is CC(C)[C@@H](NC(=O)c1ccc2c(c1)S(=O)(=O)c1ccccc1C2=O)c1ccc(F)cc1. The van der Waals surface area contributed by atoms with Gasteiger partial charge in [-0.3, -0.25) is 9.59 Å². The van der Waals surface area contributed by atoms with Gasteiger partial charge in [0.05, 0.1) is 15.8 Å². The van der Waals surface area contributed by atoms with Gasteiger partial charge in [-0.2, -0.15) is 0 Å². The number of amides is 1. The predicted octanol–water partition coefficient (Wildman–Crippen LogP) is 4.33. The lowest BCUT2D eigenvalue weighted by Crippen LogP contribution is -2.32. The van der Waals surface area contributed by atoms with Crippen LogP contribution in [0.25, 0.3) is 0 Å². The van der Waals surface area contributed by atoms with Gasteiger partial charge in [0.15, 0.2) is 5.78 Å². The monoisotopic (exact) mass is 437 g/mol. The first-order valence-electron chi connectivity index (χ1n) is 9.79. The Kier molecular flexibility index (Phi) is 5.23. The van der Waals surface area contributed by atoms with Gasteiger partial charge in [0.2, 0.25) is 9.84 Å². The van der Waals surface area contributed by atoms with Crippen molar-refractivity contribution in [2.45, 2.75) is 29.7 Å². The number of halogens is 1. The van der Waals surface area contributed by atoms with Crippen LogP contribution in [-0.4, -0.2) is 20.1 Å². The van der Waals surface area contributed by atoms with E-state index in [1.807, 2.05) is 13.8 Å². The van der Waals surface area contributed by atoms with Crippen LogP contribution >= 0.6 is 0 Å². The number of ketones is 1. The van der Waals surface area contributed by atoms with Crippen molar-refractivity contribution >= 4 is 21.5 Å². The highest BCUT2D eigenvalue weighted by atomic mass is 32.2. The smallest absolute Gasteiger partial charge is 0.251 e. The van der Waals surface area contributed by atoms with Crippen molar-refractivity contribution in [3.63, 3.8) is 0 Å². The average Bonchev–Trinajstić information content (AvgIpc) is 2.76. The molecule has 1 aliphatic rings. The molecule has 0 radical (unpaired) electrons. The number of rotatable bonds is 4. The lowest BCUT2D eigenvalue weighted by atomic mass is 9.95. The Morgan fingerprint density at radius 3 is 2.23 bits per heavy atom. The second-order valence-electron chi connectivity index (χ2n) is 7.79. The van der Waals surface area contributed by atoms with Crippen LogP contribution < -0.4 is 5.32 Å². The summed E-state index contributed by atoms with van der Waals surface area (Å²) >= 11 is 0. The van der Waals surface area contributed by atoms with E-state index in [4.69, 9.17) is 0 Å². The van der Waals surface area contributed by atoms with E-state index >= 15 is 0 Å². The Labute approximate surface area is 179 Å². The topological polar surface area (TPSA) is 80.3 Å². The molecule has 0 aromatic heterocycles. The van der Waals surface area contributed by atoms with Crippen LogP contribution in [0, 0.1) is 11.7 Å². The molecule has 4 rings (SSSR count). The summed E-state index contributed by atoms with van der Waals surface area (Å²) in [7, 11) is -3.93. The maximum absolute atomic E-state index is 13.3. The van der Waals surface area contributed by atoms with Gasteiger partial charge >= 0.3 is 0 Å². The molecule has 0 unspecified atom stereocenters. The maximum atomic E-state index is 13.3. The standard InChI is InChI=1S/C24H20FNO4S/c1-14(2)22(15-7-10-17(25)11-8-15)26-24(28)16-9-12-19-21(13-16)31(29,30)20-6-4-3-5-18(20)23(19)27/h3-14,22H,1-2H3,(H,26,28)/t22-/m1/s1. The number of hydrogen-bond acceptors (Lipinski definition) is 4. The number of hydrogen-bond donors (Lipinski definition) is 1. The molecule has 1 heterocycles. The van der Waals surface area contributed by atoms with Gasteiger partial charge in [-0.05, 0) is 53.9 Å². The molecular formula is C24H20FNO4S. The van der Waals surface area contributed by atoms with Crippen LogP contribution in [0.5, 0.6) is 0 Å². The molecule has 5 nitrogen and oxygen atoms in total. The normalized spacial score (nSPS) is 15.2. The molecule has 0 spiro atoms. The number of carbonyl (C=O) groups excluding carboxylic acids is 2. The lowest BCUT2D eigenvalue weighted by molar-refractivity contribution is 0.0924. The molecule has 0 saturated carbocycles. The van der Waals surface area contributed by atoms with Gasteiger partial charge in [0.25, 0.3) is 5.91 Å². The highest BCUT2D eigenvalue weighted by Gasteiger charge is 2.35. The summed E-state index contributed by atoms with van der Waals surface area (Å²) in [5, 5.41) is 2.89. The molecule has 3 aromatic rings. The van der Waals surface area contributed by atoms with Crippen molar-refractivity contribution in [2.24, 2.45) is 5.92 Å². The van der Waals surface area contributed by atoms with Crippen LogP contribution in [-0.2, 0) is 9.84 Å². The van der Waals surface area contributed by atoms with Gasteiger partial charge in [-0.25, -0.2) is 12.8 Å². The van der Waals surface area contributed by atoms with Crippen molar-refractivity contribution in [1.29, 1.82) is 0 Å². The van der Waals surface area contributed by atoms with Crippen molar-refractivity contribution in [2.75, 3.05) is 0 Å². The van der Waals surface area contributed by atoms with Crippen molar-refractivity contribution in [3.05, 3.63) is 94.8 Å². The second-order valence-corrected chi connectivity index (χ2v) is 9.67. The summed E-state index contributed by atoms with van der Waals surface area (Å²) in [6, 6.07) is 15.6. The molecule has 7 heteroatoms. The number of carbonyl (C=O) groups is 2. The first-order chi connectivity index (χ1) is 14.7. The fourth-order valence-corrected chi connectivity index (χ4v) is 5.43. The number of sulfone groups is 1.